The summed E-state index contributed by atoms with van der Waals surface area (Å²) in [7, 11) is 0. The smallest absolute Gasteiger partial charge is 0.171 e. The highest BCUT2D eigenvalue weighted by atomic mass is 35.5. The molecule has 1 aromatic carbocycles. The number of oxime groups is 1. The second kappa shape index (κ2) is 8.32. The zero-order valence-electron chi connectivity index (χ0n) is 19.9. The number of hydrogen-bond donors (Lipinski definition) is 2. The Bertz CT molecular complexity index is 1320. The summed E-state index contributed by atoms with van der Waals surface area (Å²) in [5.74, 6) is 3.59. The number of nitrogens with two attached hydrogens (primary N) is 1. The maximum Gasteiger partial charge on any atom is 0.171 e. The lowest BCUT2D eigenvalue weighted by atomic mass is 9.34. The fourth-order valence-electron chi connectivity index (χ4n) is 7.35. The lowest BCUT2D eigenvalue weighted by Crippen LogP contribution is -2.67. The third-order valence-electron chi connectivity index (χ3n) is 9.07. The number of amidine groups is 1. The lowest BCUT2D eigenvalue weighted by Gasteiger charge is -2.70. The number of halogens is 1. The van der Waals surface area contributed by atoms with Gasteiger partial charge in [-0.1, -0.05) is 40.1 Å². The molecular weight excluding hydrogens is 476 g/mol. The Morgan fingerprint density at radius 1 is 1.17 bits per heavy atom. The molecule has 3 unspecified atom stereocenters. The molecule has 3 N–H and O–H groups in total. The van der Waals surface area contributed by atoms with E-state index in [0.29, 0.717) is 40.9 Å². The molecule has 36 heavy (non-hydrogen) atoms. The third kappa shape index (κ3) is 3.40. The van der Waals surface area contributed by atoms with Crippen molar-refractivity contribution in [3.05, 3.63) is 70.2 Å². The van der Waals surface area contributed by atoms with E-state index in [1.54, 1.807) is 6.20 Å². The van der Waals surface area contributed by atoms with E-state index in [1.807, 2.05) is 30.3 Å². The van der Waals surface area contributed by atoms with E-state index in [9.17, 15) is 0 Å². The maximum atomic E-state index is 8.91. The Morgan fingerprint density at radius 2 is 1.94 bits per heavy atom. The Hall–Kier alpha value is -2.90. The van der Waals surface area contributed by atoms with E-state index >= 15 is 0 Å². The summed E-state index contributed by atoms with van der Waals surface area (Å²) in [6, 6.07) is 11.8. The monoisotopic (exact) mass is 504 g/mol. The normalized spacial score (nSPS) is 30.9. The molecule has 0 spiro atoms. The van der Waals surface area contributed by atoms with Crippen molar-refractivity contribution < 1.29 is 14.5 Å². The summed E-state index contributed by atoms with van der Waals surface area (Å²) < 4.78 is 12.4. The molecule has 4 aliphatic carbocycles. The van der Waals surface area contributed by atoms with Crippen molar-refractivity contribution in [2.45, 2.75) is 62.6 Å². The fraction of sp³-hybridized carbons (Fsp3) is 0.464. The van der Waals surface area contributed by atoms with Crippen LogP contribution in [0, 0.1) is 17.8 Å². The predicted molar refractivity (Wildman–Crippen MR) is 135 cm³/mol. The van der Waals surface area contributed by atoms with Crippen LogP contribution in [0.2, 0.25) is 5.02 Å². The number of hydrogen-bond acceptors (Lipinski definition) is 6. The molecule has 2 aromatic heterocycles. The quantitative estimate of drug-likeness (QED) is 0.187. The van der Waals surface area contributed by atoms with Crippen molar-refractivity contribution in [2.75, 3.05) is 0 Å². The number of pyridine rings is 1. The van der Waals surface area contributed by atoms with Crippen LogP contribution in [0.1, 0.15) is 67.0 Å². The Balaban J connectivity index is 1.04. The van der Waals surface area contributed by atoms with Crippen LogP contribution in [0.4, 0.5) is 0 Å². The number of ether oxygens (including phenoxy) is 1. The molecular formula is C28H29ClN4O3. The predicted octanol–water partition coefficient (Wildman–Crippen LogP) is 5.63. The SMILES string of the molecule is N/C(=N\O)c1ccc(C23C[C@H]4CC(OCc5c(-c6ccccc6Cl)noc5C5CC5)C[C@@H](C2)C43)nc1. The van der Waals surface area contributed by atoms with Crippen molar-refractivity contribution >= 4 is 17.4 Å². The molecule has 4 fully saturated rings. The van der Waals surface area contributed by atoms with Gasteiger partial charge >= 0.3 is 0 Å². The average molecular weight is 505 g/mol. The summed E-state index contributed by atoms with van der Waals surface area (Å²) in [4.78, 5) is 4.71. The van der Waals surface area contributed by atoms with Crippen LogP contribution in [0.3, 0.4) is 0 Å². The van der Waals surface area contributed by atoms with Gasteiger partial charge in [-0.25, -0.2) is 0 Å². The zero-order chi connectivity index (χ0) is 24.4. The largest absolute Gasteiger partial charge is 0.409 e. The molecule has 0 bridgehead atoms. The topological polar surface area (TPSA) is 107 Å². The molecule has 0 aliphatic heterocycles. The van der Waals surface area contributed by atoms with Crippen molar-refractivity contribution in [1.29, 1.82) is 0 Å². The fourth-order valence-corrected chi connectivity index (χ4v) is 7.58. The van der Waals surface area contributed by atoms with Gasteiger partial charge in [0.2, 0.25) is 0 Å². The van der Waals surface area contributed by atoms with E-state index in [1.165, 1.54) is 0 Å². The molecule has 4 aliphatic rings. The van der Waals surface area contributed by atoms with Crippen LogP contribution in [0.15, 0.2) is 52.3 Å². The highest BCUT2D eigenvalue weighted by Gasteiger charge is 2.68. The van der Waals surface area contributed by atoms with Gasteiger partial charge in [-0.05, 0) is 74.5 Å². The minimum Gasteiger partial charge on any atom is -0.409 e. The first-order valence-electron chi connectivity index (χ1n) is 12.9. The van der Waals surface area contributed by atoms with Crippen molar-refractivity contribution in [2.24, 2.45) is 28.6 Å². The van der Waals surface area contributed by atoms with Crippen LogP contribution >= 0.6 is 11.6 Å². The molecule has 0 saturated heterocycles. The summed E-state index contributed by atoms with van der Waals surface area (Å²) >= 11 is 6.50. The van der Waals surface area contributed by atoms with Crippen molar-refractivity contribution in [3.63, 3.8) is 0 Å². The van der Waals surface area contributed by atoms with Crippen LogP contribution in [0.25, 0.3) is 11.3 Å². The van der Waals surface area contributed by atoms with Crippen molar-refractivity contribution in [1.82, 2.24) is 10.1 Å². The Labute approximate surface area is 214 Å². The van der Waals surface area contributed by atoms with E-state index in [0.717, 1.165) is 66.8 Å². The first-order valence-corrected chi connectivity index (χ1v) is 13.2. The van der Waals surface area contributed by atoms with Gasteiger partial charge < -0.3 is 20.2 Å². The van der Waals surface area contributed by atoms with Gasteiger partial charge in [-0.2, -0.15) is 0 Å². The van der Waals surface area contributed by atoms with E-state index in [-0.39, 0.29) is 17.4 Å². The highest BCUT2D eigenvalue weighted by Crippen LogP contribution is 2.71. The zero-order valence-corrected chi connectivity index (χ0v) is 20.7. The van der Waals surface area contributed by atoms with E-state index in [2.05, 4.69) is 16.4 Å². The number of benzene rings is 1. The second-order valence-corrected chi connectivity index (χ2v) is 11.5. The molecule has 186 valence electrons. The molecule has 0 amide bonds. The number of nitrogens with zero attached hydrogens (tertiary/aromatic N) is 3. The third-order valence-corrected chi connectivity index (χ3v) is 9.40. The van der Waals surface area contributed by atoms with Crippen LogP contribution < -0.4 is 5.73 Å². The summed E-state index contributed by atoms with van der Waals surface area (Å²) in [5.41, 5.74) is 10.5. The van der Waals surface area contributed by atoms with E-state index in [4.69, 9.17) is 36.8 Å². The van der Waals surface area contributed by atoms with Crippen LogP contribution in [-0.2, 0) is 16.8 Å². The molecule has 7 nitrogen and oxygen atoms in total. The molecule has 4 saturated carbocycles. The van der Waals surface area contributed by atoms with Gasteiger partial charge in [0.25, 0.3) is 0 Å². The summed E-state index contributed by atoms with van der Waals surface area (Å²) in [6.45, 7) is 0.520. The van der Waals surface area contributed by atoms with Gasteiger partial charge in [-0.3, -0.25) is 4.98 Å². The number of aromatic nitrogens is 2. The molecule has 2 heterocycles. The van der Waals surface area contributed by atoms with Gasteiger partial charge in [0.1, 0.15) is 11.5 Å². The molecule has 0 radical (unpaired) electrons. The molecule has 5 atom stereocenters. The van der Waals surface area contributed by atoms with Gasteiger partial charge in [0.15, 0.2) is 5.84 Å². The second-order valence-electron chi connectivity index (χ2n) is 11.1. The standard InChI is InChI=1S/C28H29ClN4O3/c29-22-4-2-1-3-20(22)25-21(26(36-33-25)15-5-6-15)14-35-19-9-17-11-28(12-18(10-19)24(17)28)23-8-7-16(13-31-23)27(30)32-34/h1-4,7-8,13,15,17-19,24,34H,5-6,9-12,14H2,(H2,30,32)/t17-,18+,19?,24?,28?. The first-order chi connectivity index (χ1) is 17.6. The number of rotatable bonds is 7. The van der Waals surface area contributed by atoms with Gasteiger partial charge in [0.05, 0.1) is 17.7 Å². The Morgan fingerprint density at radius 3 is 2.61 bits per heavy atom. The molecule has 3 aromatic rings. The Kier molecular flexibility index (Phi) is 5.15. The summed E-state index contributed by atoms with van der Waals surface area (Å²) in [6.07, 6.45) is 8.79. The van der Waals surface area contributed by atoms with Gasteiger partial charge in [-0.15, -0.1) is 0 Å². The van der Waals surface area contributed by atoms with Crippen LogP contribution in [0.5, 0.6) is 0 Å². The summed E-state index contributed by atoms with van der Waals surface area (Å²) in [5, 5.41) is 17.1. The highest BCUT2D eigenvalue weighted by molar-refractivity contribution is 6.33. The maximum absolute atomic E-state index is 8.91. The van der Waals surface area contributed by atoms with Crippen molar-refractivity contribution in [3.8, 4) is 11.3 Å². The van der Waals surface area contributed by atoms with Gasteiger partial charge in [0, 0.05) is 39.9 Å². The minimum atomic E-state index is 0.0949. The lowest BCUT2D eigenvalue weighted by molar-refractivity contribution is -0.190. The van der Waals surface area contributed by atoms with Crippen LogP contribution in [-0.4, -0.2) is 27.3 Å². The average Bonchev–Trinajstić information content (AvgIpc) is 3.63. The molecule has 8 heteroatoms. The van der Waals surface area contributed by atoms with E-state index < -0.39 is 0 Å². The minimum absolute atomic E-state index is 0.0949. The first kappa shape index (κ1) is 22.3. The molecule has 7 rings (SSSR count).